The number of aromatic nitrogens is 3. The van der Waals surface area contributed by atoms with Crippen molar-refractivity contribution in [1.29, 1.82) is 0 Å². The number of carbonyl (C=O) groups is 1. The van der Waals surface area contributed by atoms with Crippen LogP contribution in [0.3, 0.4) is 0 Å². The Balaban J connectivity index is 1.75. The summed E-state index contributed by atoms with van der Waals surface area (Å²) in [7, 11) is 5.80. The molecule has 0 radical (unpaired) electrons. The molecule has 3 aromatic rings. The Bertz CT molecular complexity index is 1030. The summed E-state index contributed by atoms with van der Waals surface area (Å²) in [6.07, 6.45) is 0. The topological polar surface area (TPSA) is 63.5 Å². The van der Waals surface area contributed by atoms with Gasteiger partial charge in [0.1, 0.15) is 0 Å². The molecule has 0 atom stereocenters. The zero-order chi connectivity index (χ0) is 21.8. The second kappa shape index (κ2) is 9.45. The molecule has 0 N–H and O–H groups in total. The molecular weight excluding hydrogens is 402 g/mol. The van der Waals surface area contributed by atoms with Crippen molar-refractivity contribution in [3.05, 3.63) is 52.2 Å². The standard InChI is InChI=1S/C22H28ClN5O2/c1-15-12-16(2)24-21-20(15)22(25-27(21)5)30-14-19(29)28(11-10-26(3)4)13-17-6-8-18(23)9-7-17/h6-9,12H,10-11,13-14H2,1-5H3. The number of benzene rings is 1. The maximum Gasteiger partial charge on any atom is 0.260 e. The molecule has 0 bridgehead atoms. The highest BCUT2D eigenvalue weighted by Gasteiger charge is 2.19. The normalized spacial score (nSPS) is 11.3. The first kappa shape index (κ1) is 22.1. The Kier molecular flexibility index (Phi) is 6.95. The SMILES string of the molecule is Cc1cc(C)c2c(OCC(=O)N(CCN(C)C)Cc3ccc(Cl)cc3)nn(C)c2n1. The Morgan fingerprint density at radius 1 is 1.17 bits per heavy atom. The summed E-state index contributed by atoms with van der Waals surface area (Å²) in [6, 6.07) is 9.52. The molecule has 0 aliphatic rings. The van der Waals surface area contributed by atoms with Gasteiger partial charge in [-0.25, -0.2) is 9.67 Å². The van der Waals surface area contributed by atoms with Gasteiger partial charge in [-0.2, -0.15) is 0 Å². The van der Waals surface area contributed by atoms with Gasteiger partial charge < -0.3 is 14.5 Å². The van der Waals surface area contributed by atoms with Crippen LogP contribution in [0.5, 0.6) is 5.88 Å². The number of hydrogen-bond acceptors (Lipinski definition) is 5. The second-order valence-electron chi connectivity index (χ2n) is 7.74. The van der Waals surface area contributed by atoms with Crippen LogP contribution in [0.15, 0.2) is 30.3 Å². The number of hydrogen-bond donors (Lipinski definition) is 0. The van der Waals surface area contributed by atoms with Crippen LogP contribution in [0, 0.1) is 13.8 Å². The van der Waals surface area contributed by atoms with E-state index in [1.54, 1.807) is 9.58 Å². The summed E-state index contributed by atoms with van der Waals surface area (Å²) < 4.78 is 7.56. The number of pyridine rings is 1. The molecule has 1 amide bonds. The van der Waals surface area contributed by atoms with Crippen molar-refractivity contribution in [1.82, 2.24) is 24.6 Å². The van der Waals surface area contributed by atoms with E-state index < -0.39 is 0 Å². The predicted octanol–water partition coefficient (Wildman–Crippen LogP) is 3.21. The van der Waals surface area contributed by atoms with Crippen molar-refractivity contribution in [2.45, 2.75) is 20.4 Å². The predicted molar refractivity (Wildman–Crippen MR) is 119 cm³/mol. The lowest BCUT2D eigenvalue weighted by atomic mass is 10.2. The fourth-order valence-corrected chi connectivity index (χ4v) is 3.42. The van der Waals surface area contributed by atoms with Gasteiger partial charge in [0, 0.05) is 37.4 Å². The number of carbonyl (C=O) groups excluding carboxylic acids is 1. The number of fused-ring (bicyclic) bond motifs is 1. The molecule has 2 heterocycles. The molecule has 0 unspecified atom stereocenters. The molecule has 7 nitrogen and oxygen atoms in total. The average Bonchev–Trinajstić information content (AvgIpc) is 3.00. The van der Waals surface area contributed by atoms with Crippen molar-refractivity contribution in [3.63, 3.8) is 0 Å². The highest BCUT2D eigenvalue weighted by molar-refractivity contribution is 6.30. The van der Waals surface area contributed by atoms with E-state index in [9.17, 15) is 4.79 Å². The number of ether oxygens (including phenoxy) is 1. The Labute approximate surface area is 182 Å². The van der Waals surface area contributed by atoms with E-state index in [0.717, 1.165) is 34.4 Å². The average molecular weight is 430 g/mol. The first-order valence-electron chi connectivity index (χ1n) is 9.85. The monoisotopic (exact) mass is 429 g/mol. The van der Waals surface area contributed by atoms with Gasteiger partial charge in [0.05, 0.1) is 5.39 Å². The highest BCUT2D eigenvalue weighted by atomic mass is 35.5. The number of nitrogens with zero attached hydrogens (tertiary/aromatic N) is 5. The van der Waals surface area contributed by atoms with E-state index in [1.807, 2.05) is 70.2 Å². The van der Waals surface area contributed by atoms with E-state index in [0.29, 0.717) is 24.0 Å². The summed E-state index contributed by atoms with van der Waals surface area (Å²) in [6.45, 7) is 5.71. The summed E-state index contributed by atoms with van der Waals surface area (Å²) in [5.74, 6) is 0.341. The Morgan fingerprint density at radius 2 is 1.87 bits per heavy atom. The molecule has 0 saturated carbocycles. The molecular formula is C22H28ClN5O2. The van der Waals surface area contributed by atoms with Gasteiger partial charge in [0.2, 0.25) is 5.88 Å². The van der Waals surface area contributed by atoms with E-state index in [4.69, 9.17) is 16.3 Å². The molecule has 1 aromatic carbocycles. The van der Waals surface area contributed by atoms with Crippen LogP contribution in [-0.4, -0.2) is 64.3 Å². The molecule has 0 aliphatic carbocycles. The quantitative estimate of drug-likeness (QED) is 0.550. The molecule has 0 saturated heterocycles. The number of amides is 1. The summed E-state index contributed by atoms with van der Waals surface area (Å²) in [4.78, 5) is 21.4. The van der Waals surface area contributed by atoms with Crippen LogP contribution < -0.4 is 4.74 Å². The third-order valence-electron chi connectivity index (χ3n) is 4.88. The van der Waals surface area contributed by atoms with Gasteiger partial charge in [-0.15, -0.1) is 5.10 Å². The molecule has 8 heteroatoms. The van der Waals surface area contributed by atoms with Crippen LogP contribution in [0.2, 0.25) is 5.02 Å². The van der Waals surface area contributed by atoms with Crippen molar-refractivity contribution in [2.75, 3.05) is 33.8 Å². The first-order chi connectivity index (χ1) is 14.2. The van der Waals surface area contributed by atoms with Gasteiger partial charge in [-0.3, -0.25) is 4.79 Å². The van der Waals surface area contributed by atoms with Crippen LogP contribution in [-0.2, 0) is 18.4 Å². The number of rotatable bonds is 8. The zero-order valence-corrected chi connectivity index (χ0v) is 18.9. The molecule has 0 spiro atoms. The van der Waals surface area contributed by atoms with E-state index in [-0.39, 0.29) is 12.5 Å². The van der Waals surface area contributed by atoms with E-state index in [2.05, 4.69) is 10.1 Å². The first-order valence-corrected chi connectivity index (χ1v) is 10.2. The lowest BCUT2D eigenvalue weighted by Crippen LogP contribution is -2.39. The van der Waals surface area contributed by atoms with Gasteiger partial charge in [-0.1, -0.05) is 23.7 Å². The van der Waals surface area contributed by atoms with Crippen molar-refractivity contribution >= 4 is 28.5 Å². The van der Waals surface area contributed by atoms with Gasteiger partial charge in [0.25, 0.3) is 5.91 Å². The molecule has 3 rings (SSSR count). The van der Waals surface area contributed by atoms with Crippen molar-refractivity contribution < 1.29 is 9.53 Å². The maximum absolute atomic E-state index is 13.0. The van der Waals surface area contributed by atoms with Gasteiger partial charge >= 0.3 is 0 Å². The minimum absolute atomic E-state index is 0.0829. The van der Waals surface area contributed by atoms with Crippen molar-refractivity contribution in [3.8, 4) is 5.88 Å². The molecule has 0 fully saturated rings. The van der Waals surface area contributed by atoms with Crippen LogP contribution in [0.1, 0.15) is 16.8 Å². The molecule has 30 heavy (non-hydrogen) atoms. The summed E-state index contributed by atoms with van der Waals surface area (Å²) >= 11 is 5.98. The fourth-order valence-electron chi connectivity index (χ4n) is 3.29. The van der Waals surface area contributed by atoms with Crippen LogP contribution >= 0.6 is 11.6 Å². The molecule has 2 aromatic heterocycles. The molecule has 160 valence electrons. The second-order valence-corrected chi connectivity index (χ2v) is 8.18. The smallest absolute Gasteiger partial charge is 0.260 e. The maximum atomic E-state index is 13.0. The van der Waals surface area contributed by atoms with Crippen LogP contribution in [0.4, 0.5) is 0 Å². The summed E-state index contributed by atoms with van der Waals surface area (Å²) in [5, 5.41) is 5.95. The largest absolute Gasteiger partial charge is 0.466 e. The number of likely N-dealkylation sites (N-methyl/N-ethyl adjacent to an activating group) is 1. The zero-order valence-electron chi connectivity index (χ0n) is 18.1. The Hall–Kier alpha value is -2.64. The van der Waals surface area contributed by atoms with Gasteiger partial charge in [0.15, 0.2) is 12.3 Å². The Morgan fingerprint density at radius 3 is 2.53 bits per heavy atom. The lowest BCUT2D eigenvalue weighted by molar-refractivity contribution is -0.134. The third-order valence-corrected chi connectivity index (χ3v) is 5.13. The third kappa shape index (κ3) is 5.29. The number of halogens is 1. The highest BCUT2D eigenvalue weighted by Crippen LogP contribution is 2.27. The number of aryl methyl sites for hydroxylation is 3. The minimum atomic E-state index is -0.0941. The fraction of sp³-hybridized carbons (Fsp3) is 0.409. The van der Waals surface area contributed by atoms with Gasteiger partial charge in [-0.05, 0) is 57.3 Å². The van der Waals surface area contributed by atoms with Crippen LogP contribution in [0.25, 0.3) is 11.0 Å². The lowest BCUT2D eigenvalue weighted by Gasteiger charge is -2.24. The minimum Gasteiger partial charge on any atom is -0.466 e. The molecule has 0 aliphatic heterocycles. The van der Waals surface area contributed by atoms with E-state index in [1.165, 1.54) is 0 Å². The van der Waals surface area contributed by atoms with Crippen molar-refractivity contribution in [2.24, 2.45) is 7.05 Å². The summed E-state index contributed by atoms with van der Waals surface area (Å²) in [5.41, 5.74) is 3.72. The van der Waals surface area contributed by atoms with E-state index >= 15 is 0 Å².